The smallest absolute Gasteiger partial charge is 0.230 e. The first-order chi connectivity index (χ1) is 14.1. The molecule has 1 N–H and O–H groups in total. The van der Waals surface area contributed by atoms with Gasteiger partial charge in [-0.05, 0) is 55.1 Å². The fraction of sp³-hybridized carbons (Fsp3) is 0.273. The maximum Gasteiger partial charge on any atom is 0.230 e. The van der Waals surface area contributed by atoms with Crippen LogP contribution in [0.5, 0.6) is 5.75 Å². The van der Waals surface area contributed by atoms with Crippen LogP contribution in [0.1, 0.15) is 17.0 Å². The van der Waals surface area contributed by atoms with Crippen molar-refractivity contribution >= 4 is 29.4 Å². The Morgan fingerprint density at radius 2 is 1.86 bits per heavy atom. The molecule has 0 aliphatic carbocycles. The first-order valence-corrected chi connectivity index (χ1v) is 11.5. The molecule has 0 saturated heterocycles. The Bertz CT molecular complexity index is 938. The van der Waals surface area contributed by atoms with Crippen LogP contribution < -0.4 is 10.1 Å². The molecule has 0 radical (unpaired) electrons. The molecule has 0 aliphatic heterocycles. The van der Waals surface area contributed by atoms with Crippen molar-refractivity contribution in [1.82, 2.24) is 10.3 Å². The number of thioether (sulfide) groups is 2. The minimum atomic E-state index is -0.000145. The molecule has 0 fully saturated rings. The average molecular weight is 429 g/mol. The van der Waals surface area contributed by atoms with Crippen LogP contribution in [-0.4, -0.2) is 30.0 Å². The molecule has 0 atom stereocenters. The highest BCUT2D eigenvalue weighted by Crippen LogP contribution is 2.26. The van der Waals surface area contributed by atoms with Crippen molar-refractivity contribution in [2.75, 3.05) is 19.1 Å². The first kappa shape index (κ1) is 21.3. The average Bonchev–Trinajstić information content (AvgIpc) is 3.13. The number of benzene rings is 2. The van der Waals surface area contributed by atoms with Gasteiger partial charge in [-0.15, -0.1) is 23.5 Å². The van der Waals surface area contributed by atoms with E-state index >= 15 is 0 Å². The number of oxazole rings is 1. The van der Waals surface area contributed by atoms with Gasteiger partial charge in [-0.1, -0.05) is 12.1 Å². The van der Waals surface area contributed by atoms with Gasteiger partial charge in [0.25, 0.3) is 0 Å². The van der Waals surface area contributed by atoms with E-state index in [1.54, 1.807) is 18.9 Å². The zero-order valence-corrected chi connectivity index (χ0v) is 18.4. The second-order valence-electron chi connectivity index (χ2n) is 6.37. The molecule has 7 heteroatoms. The number of carbonyl (C=O) groups excluding carboxylic acids is 1. The van der Waals surface area contributed by atoms with Gasteiger partial charge < -0.3 is 14.5 Å². The Morgan fingerprint density at radius 1 is 1.14 bits per heavy atom. The number of aromatic nitrogens is 1. The number of ether oxygens (including phenoxy) is 1. The predicted molar refractivity (Wildman–Crippen MR) is 119 cm³/mol. The summed E-state index contributed by atoms with van der Waals surface area (Å²) in [6.07, 6.45) is 2.05. The number of hydrogen-bond acceptors (Lipinski definition) is 6. The summed E-state index contributed by atoms with van der Waals surface area (Å²) in [5.74, 6) is 3.22. The lowest BCUT2D eigenvalue weighted by molar-refractivity contribution is -0.118. The third kappa shape index (κ3) is 6.05. The molecule has 152 valence electrons. The Labute approximate surface area is 179 Å². The summed E-state index contributed by atoms with van der Waals surface area (Å²) in [5, 5.41) is 2.93. The first-order valence-electron chi connectivity index (χ1n) is 9.17. The topological polar surface area (TPSA) is 64.4 Å². The summed E-state index contributed by atoms with van der Waals surface area (Å²) in [6.45, 7) is 2.41. The van der Waals surface area contributed by atoms with E-state index in [9.17, 15) is 4.79 Å². The van der Waals surface area contributed by atoms with Gasteiger partial charge in [-0.2, -0.15) is 0 Å². The van der Waals surface area contributed by atoms with Crippen molar-refractivity contribution < 1.29 is 13.9 Å². The molecular weight excluding hydrogens is 404 g/mol. The molecule has 2 aromatic carbocycles. The third-order valence-electron chi connectivity index (χ3n) is 4.35. The minimum Gasteiger partial charge on any atom is -0.497 e. The zero-order valence-electron chi connectivity index (χ0n) is 16.7. The lowest BCUT2D eigenvalue weighted by Gasteiger charge is -2.06. The third-order valence-corrected chi connectivity index (χ3v) is 6.04. The highest BCUT2D eigenvalue weighted by atomic mass is 32.2. The fourth-order valence-corrected chi connectivity index (χ4v) is 3.91. The number of rotatable bonds is 9. The number of carbonyl (C=O) groups is 1. The van der Waals surface area contributed by atoms with Crippen LogP contribution in [0.3, 0.4) is 0 Å². The minimum absolute atomic E-state index is 0.000145. The van der Waals surface area contributed by atoms with Crippen molar-refractivity contribution in [2.45, 2.75) is 24.1 Å². The van der Waals surface area contributed by atoms with Crippen LogP contribution in [0.2, 0.25) is 0 Å². The summed E-state index contributed by atoms with van der Waals surface area (Å²) in [7, 11) is 1.63. The summed E-state index contributed by atoms with van der Waals surface area (Å²) < 4.78 is 10.9. The van der Waals surface area contributed by atoms with Crippen LogP contribution in [0, 0.1) is 6.92 Å². The van der Waals surface area contributed by atoms with Gasteiger partial charge in [0.2, 0.25) is 11.8 Å². The van der Waals surface area contributed by atoms with Gasteiger partial charge in [-0.3, -0.25) is 4.79 Å². The van der Waals surface area contributed by atoms with Crippen molar-refractivity contribution in [1.29, 1.82) is 0 Å². The van der Waals surface area contributed by atoms with Crippen molar-refractivity contribution in [3.63, 3.8) is 0 Å². The molecule has 5 nitrogen and oxygen atoms in total. The van der Waals surface area contributed by atoms with Crippen LogP contribution in [0.15, 0.2) is 57.8 Å². The van der Waals surface area contributed by atoms with E-state index in [2.05, 4.69) is 22.4 Å². The van der Waals surface area contributed by atoms with Crippen LogP contribution in [0.25, 0.3) is 11.5 Å². The van der Waals surface area contributed by atoms with Gasteiger partial charge >= 0.3 is 0 Å². The predicted octanol–water partition coefficient (Wildman–Crippen LogP) is 4.93. The maximum atomic E-state index is 12.1. The Morgan fingerprint density at radius 3 is 2.52 bits per heavy atom. The maximum absolute atomic E-state index is 12.1. The van der Waals surface area contributed by atoms with Gasteiger partial charge in [0.1, 0.15) is 11.5 Å². The summed E-state index contributed by atoms with van der Waals surface area (Å²) in [5.41, 5.74) is 2.87. The second kappa shape index (κ2) is 10.4. The standard InChI is InChI=1S/C22H24N2O3S2/c1-15-20(24-22(27-15)17-6-10-19(28-3)11-7-17)13-29-14-21(25)23-12-16-4-8-18(26-2)9-5-16/h4-11H,12-14H2,1-3H3,(H,23,25). The molecule has 0 unspecified atom stereocenters. The number of aryl methyl sites for hydroxylation is 1. The lowest BCUT2D eigenvalue weighted by Crippen LogP contribution is -2.24. The van der Waals surface area contributed by atoms with Gasteiger partial charge in [0.05, 0.1) is 18.6 Å². The fourth-order valence-electron chi connectivity index (χ4n) is 2.65. The van der Waals surface area contributed by atoms with E-state index in [1.165, 1.54) is 16.7 Å². The Kier molecular flexibility index (Phi) is 7.66. The molecule has 1 heterocycles. The molecule has 3 rings (SSSR count). The van der Waals surface area contributed by atoms with Gasteiger partial charge in [0.15, 0.2) is 0 Å². The molecule has 0 aliphatic rings. The number of nitrogens with one attached hydrogen (secondary N) is 1. The molecule has 3 aromatic rings. The molecule has 29 heavy (non-hydrogen) atoms. The largest absolute Gasteiger partial charge is 0.497 e. The van der Waals surface area contributed by atoms with Crippen LogP contribution >= 0.6 is 23.5 Å². The molecule has 1 amide bonds. The summed E-state index contributed by atoms with van der Waals surface area (Å²) >= 11 is 3.23. The SMILES string of the molecule is COc1ccc(CNC(=O)CSCc2nc(-c3ccc(SC)cc3)oc2C)cc1. The monoisotopic (exact) mass is 428 g/mol. The van der Waals surface area contributed by atoms with Crippen LogP contribution in [0.4, 0.5) is 0 Å². The zero-order chi connectivity index (χ0) is 20.6. The van der Waals surface area contributed by atoms with Crippen molar-refractivity contribution in [3.8, 4) is 17.2 Å². The van der Waals surface area contributed by atoms with Crippen LogP contribution in [-0.2, 0) is 17.1 Å². The van der Waals surface area contributed by atoms with E-state index in [1.807, 2.05) is 49.6 Å². The molecular formula is C22H24N2O3S2. The number of methoxy groups -OCH3 is 1. The highest BCUT2D eigenvalue weighted by Gasteiger charge is 2.12. The number of nitrogens with zero attached hydrogens (tertiary/aromatic N) is 1. The molecule has 0 saturated carbocycles. The van der Waals surface area contributed by atoms with Gasteiger partial charge in [-0.25, -0.2) is 4.98 Å². The van der Waals surface area contributed by atoms with Crippen molar-refractivity contribution in [3.05, 3.63) is 65.5 Å². The van der Waals surface area contributed by atoms with E-state index in [0.717, 1.165) is 28.3 Å². The summed E-state index contributed by atoms with van der Waals surface area (Å²) in [6, 6.07) is 15.8. The number of hydrogen-bond donors (Lipinski definition) is 1. The normalized spacial score (nSPS) is 10.7. The number of amides is 1. The van der Waals surface area contributed by atoms with Gasteiger partial charge in [0, 0.05) is 22.8 Å². The quantitative estimate of drug-likeness (QED) is 0.488. The van der Waals surface area contributed by atoms with E-state index in [4.69, 9.17) is 9.15 Å². The van der Waals surface area contributed by atoms with Crippen molar-refractivity contribution in [2.24, 2.45) is 0 Å². The Hall–Kier alpha value is -2.38. The molecule has 0 bridgehead atoms. The second-order valence-corrected chi connectivity index (χ2v) is 8.23. The van der Waals surface area contributed by atoms with E-state index < -0.39 is 0 Å². The van der Waals surface area contributed by atoms with E-state index in [0.29, 0.717) is 23.9 Å². The highest BCUT2D eigenvalue weighted by molar-refractivity contribution is 7.99. The molecule has 1 aromatic heterocycles. The van der Waals surface area contributed by atoms with E-state index in [-0.39, 0.29) is 5.91 Å². The molecule has 0 spiro atoms. The summed E-state index contributed by atoms with van der Waals surface area (Å²) in [4.78, 5) is 17.9. The Balaban J connectivity index is 1.47. The lowest BCUT2D eigenvalue weighted by atomic mass is 10.2.